The van der Waals surface area contributed by atoms with Gasteiger partial charge in [0, 0.05) is 11.6 Å². The number of anilines is 1. The zero-order chi connectivity index (χ0) is 18.5. The van der Waals surface area contributed by atoms with Crippen LogP contribution in [-0.4, -0.2) is 28.7 Å². The maximum atomic E-state index is 12.6. The number of hydrogen-bond donors (Lipinski definition) is 1. The van der Waals surface area contributed by atoms with Crippen molar-refractivity contribution in [2.45, 2.75) is 13.5 Å². The molecule has 3 rings (SSSR count). The molecule has 3 aromatic rings. The van der Waals surface area contributed by atoms with Crippen LogP contribution in [0.2, 0.25) is 0 Å². The first-order valence-electron chi connectivity index (χ1n) is 8.10. The zero-order valence-corrected chi connectivity index (χ0v) is 14.3. The summed E-state index contributed by atoms with van der Waals surface area (Å²) in [4.78, 5) is 29.2. The number of ether oxygens (including phenoxy) is 1. The molecule has 0 aliphatic heterocycles. The number of amides is 1. The third-order valence-electron chi connectivity index (χ3n) is 3.88. The number of aryl methyl sites for hydroxylation is 1. The quantitative estimate of drug-likeness (QED) is 0.758. The number of fused-ring (bicyclic) bond motifs is 1. The maximum Gasteiger partial charge on any atom is 0.416 e. The first kappa shape index (κ1) is 17.4. The van der Waals surface area contributed by atoms with Crippen molar-refractivity contribution >= 4 is 28.7 Å². The van der Waals surface area contributed by atoms with Crippen LogP contribution in [0.1, 0.15) is 11.1 Å². The Kier molecular flexibility index (Phi) is 5.12. The van der Waals surface area contributed by atoms with Gasteiger partial charge in [-0.2, -0.15) is 0 Å². The van der Waals surface area contributed by atoms with Gasteiger partial charge < -0.3 is 9.84 Å². The van der Waals surface area contributed by atoms with Crippen molar-refractivity contribution in [2.24, 2.45) is 0 Å². The fourth-order valence-corrected chi connectivity index (χ4v) is 2.64. The van der Waals surface area contributed by atoms with E-state index in [-0.39, 0.29) is 12.4 Å². The van der Waals surface area contributed by atoms with Gasteiger partial charge in [-0.05, 0) is 30.0 Å². The summed E-state index contributed by atoms with van der Waals surface area (Å²) in [6.07, 6.45) is 0.796. The van der Waals surface area contributed by atoms with Crippen LogP contribution >= 0.6 is 0 Å². The summed E-state index contributed by atoms with van der Waals surface area (Å²) in [6, 6.07) is 16.7. The Morgan fingerprint density at radius 1 is 1.12 bits per heavy atom. The van der Waals surface area contributed by atoms with Crippen molar-refractivity contribution in [3.63, 3.8) is 0 Å². The highest BCUT2D eigenvalue weighted by Crippen LogP contribution is 2.26. The van der Waals surface area contributed by atoms with Crippen molar-refractivity contribution in [2.75, 3.05) is 11.4 Å². The molecule has 6 nitrogen and oxygen atoms in total. The molecule has 0 unspecified atom stereocenters. The maximum absolute atomic E-state index is 12.6. The second-order valence-corrected chi connectivity index (χ2v) is 5.88. The minimum Gasteiger partial charge on any atom is -0.480 e. The molecule has 1 heterocycles. The molecule has 1 N–H and O–H groups in total. The summed E-state index contributed by atoms with van der Waals surface area (Å²) in [5, 5.41) is 10.8. The third kappa shape index (κ3) is 3.97. The summed E-state index contributed by atoms with van der Waals surface area (Å²) in [6.45, 7) is 1.44. The number of carboxylic acid groups (broad SMARTS) is 1. The van der Waals surface area contributed by atoms with Crippen molar-refractivity contribution in [1.82, 2.24) is 4.98 Å². The molecule has 6 heteroatoms. The van der Waals surface area contributed by atoms with Gasteiger partial charge in [0.25, 0.3) is 0 Å². The first-order chi connectivity index (χ1) is 12.5. The highest BCUT2D eigenvalue weighted by Gasteiger charge is 2.23. The Morgan fingerprint density at radius 3 is 2.62 bits per heavy atom. The van der Waals surface area contributed by atoms with E-state index in [1.165, 1.54) is 0 Å². The number of aromatic nitrogens is 1. The minimum absolute atomic E-state index is 0.0551. The van der Waals surface area contributed by atoms with E-state index in [0.29, 0.717) is 5.39 Å². The van der Waals surface area contributed by atoms with Gasteiger partial charge in [-0.15, -0.1) is 0 Å². The minimum atomic E-state index is -1.15. The molecule has 132 valence electrons. The van der Waals surface area contributed by atoms with Gasteiger partial charge >= 0.3 is 12.1 Å². The lowest BCUT2D eigenvalue weighted by atomic mass is 10.1. The lowest BCUT2D eigenvalue weighted by Gasteiger charge is -2.21. The number of nitrogens with zero attached hydrogens (tertiary/aromatic N) is 2. The summed E-state index contributed by atoms with van der Waals surface area (Å²) < 4.78 is 5.31. The number of rotatable bonds is 5. The van der Waals surface area contributed by atoms with Crippen LogP contribution in [0.5, 0.6) is 0 Å². The smallest absolute Gasteiger partial charge is 0.416 e. The lowest BCUT2D eigenvalue weighted by Crippen LogP contribution is -2.36. The number of carboxylic acids is 1. The van der Waals surface area contributed by atoms with E-state index < -0.39 is 18.6 Å². The fourth-order valence-electron chi connectivity index (χ4n) is 2.64. The molecule has 1 aromatic heterocycles. The predicted octanol–water partition coefficient (Wildman–Crippen LogP) is 3.77. The number of carbonyl (C=O) groups is 2. The van der Waals surface area contributed by atoms with Crippen LogP contribution in [0, 0.1) is 6.92 Å². The van der Waals surface area contributed by atoms with Crippen molar-refractivity contribution in [1.29, 1.82) is 0 Å². The Labute approximate surface area is 150 Å². The largest absolute Gasteiger partial charge is 0.480 e. The molecule has 1 amide bonds. The molecule has 0 spiro atoms. The topological polar surface area (TPSA) is 79.7 Å². The average molecular weight is 350 g/mol. The standard InChI is InChI=1S/C20H18N2O4/c1-14-7-8-16-9-10-21-19(17(16)11-14)22(12-18(23)24)20(25)26-13-15-5-3-2-4-6-15/h2-11H,12-13H2,1H3,(H,23,24). The van der Waals surface area contributed by atoms with Gasteiger partial charge in [-0.1, -0.05) is 48.0 Å². The highest BCUT2D eigenvalue weighted by molar-refractivity contribution is 6.02. The second-order valence-electron chi connectivity index (χ2n) is 5.88. The zero-order valence-electron chi connectivity index (χ0n) is 14.3. The van der Waals surface area contributed by atoms with Crippen LogP contribution in [0.15, 0.2) is 60.8 Å². The Morgan fingerprint density at radius 2 is 1.88 bits per heavy atom. The Bertz CT molecular complexity index is 941. The summed E-state index contributed by atoms with van der Waals surface area (Å²) in [5.41, 5.74) is 1.80. The highest BCUT2D eigenvalue weighted by atomic mass is 16.6. The summed E-state index contributed by atoms with van der Waals surface area (Å²) in [5.74, 6) is -0.875. The molecule has 26 heavy (non-hydrogen) atoms. The third-order valence-corrected chi connectivity index (χ3v) is 3.88. The van der Waals surface area contributed by atoms with E-state index in [1.807, 2.05) is 61.5 Å². The second kappa shape index (κ2) is 7.65. The van der Waals surface area contributed by atoms with Gasteiger partial charge in [0.05, 0.1) is 0 Å². The molecular formula is C20H18N2O4. The van der Waals surface area contributed by atoms with Crippen LogP contribution in [0.3, 0.4) is 0 Å². The monoisotopic (exact) mass is 350 g/mol. The van der Waals surface area contributed by atoms with E-state index in [2.05, 4.69) is 4.98 Å². The Balaban J connectivity index is 1.92. The van der Waals surface area contributed by atoms with Crippen LogP contribution in [-0.2, 0) is 16.1 Å². The molecule has 0 fully saturated rings. The molecule has 2 aromatic carbocycles. The molecular weight excluding hydrogens is 332 g/mol. The van der Waals surface area contributed by atoms with Crippen molar-refractivity contribution < 1.29 is 19.4 Å². The first-order valence-corrected chi connectivity index (χ1v) is 8.10. The number of hydrogen-bond acceptors (Lipinski definition) is 4. The van der Waals surface area contributed by atoms with Gasteiger partial charge in [-0.3, -0.25) is 4.79 Å². The van der Waals surface area contributed by atoms with E-state index in [9.17, 15) is 14.7 Å². The van der Waals surface area contributed by atoms with Gasteiger partial charge in [0.1, 0.15) is 19.0 Å². The number of carbonyl (C=O) groups excluding carboxylic acids is 1. The molecule has 0 bridgehead atoms. The van der Waals surface area contributed by atoms with E-state index >= 15 is 0 Å². The molecule has 0 aliphatic carbocycles. The number of aliphatic carboxylic acids is 1. The molecule has 0 atom stereocenters. The van der Waals surface area contributed by atoms with Crippen LogP contribution in [0.25, 0.3) is 10.8 Å². The molecule has 0 saturated heterocycles. The normalized spacial score (nSPS) is 10.5. The van der Waals surface area contributed by atoms with Gasteiger partial charge in [0.15, 0.2) is 0 Å². The Hall–Kier alpha value is -3.41. The van der Waals surface area contributed by atoms with Crippen LogP contribution < -0.4 is 4.90 Å². The lowest BCUT2D eigenvalue weighted by molar-refractivity contribution is -0.135. The predicted molar refractivity (Wildman–Crippen MR) is 98.1 cm³/mol. The molecule has 0 saturated carbocycles. The van der Waals surface area contributed by atoms with Crippen LogP contribution in [0.4, 0.5) is 10.6 Å². The van der Waals surface area contributed by atoms with Gasteiger partial charge in [-0.25, -0.2) is 14.7 Å². The number of benzene rings is 2. The summed E-state index contributed by atoms with van der Waals surface area (Å²) >= 11 is 0. The number of pyridine rings is 1. The molecule has 0 aliphatic rings. The molecule has 0 radical (unpaired) electrons. The van der Waals surface area contributed by atoms with E-state index in [4.69, 9.17) is 4.74 Å². The SMILES string of the molecule is Cc1ccc2ccnc(N(CC(=O)O)C(=O)OCc3ccccc3)c2c1. The van der Waals surface area contributed by atoms with E-state index in [0.717, 1.165) is 21.4 Å². The van der Waals surface area contributed by atoms with Crippen molar-refractivity contribution in [3.05, 3.63) is 71.9 Å². The van der Waals surface area contributed by atoms with Gasteiger partial charge in [0.2, 0.25) is 0 Å². The van der Waals surface area contributed by atoms with E-state index in [1.54, 1.807) is 6.20 Å². The van der Waals surface area contributed by atoms with Crippen molar-refractivity contribution in [3.8, 4) is 0 Å². The summed E-state index contributed by atoms with van der Waals surface area (Å²) in [7, 11) is 0. The average Bonchev–Trinajstić information content (AvgIpc) is 2.64. The fraction of sp³-hybridized carbons (Fsp3) is 0.150.